The number of phenolic OH excluding ortho intramolecular Hbond substituents is 2. The molecule has 104 valence electrons. The number of ether oxygens (including phenoxy) is 1. The van der Waals surface area contributed by atoms with Crippen LogP contribution in [0.15, 0.2) is 42.5 Å². The van der Waals surface area contributed by atoms with Gasteiger partial charge in [0.05, 0.1) is 12.7 Å². The van der Waals surface area contributed by atoms with Gasteiger partial charge >= 0.3 is 5.97 Å². The second kappa shape index (κ2) is 5.97. The summed E-state index contributed by atoms with van der Waals surface area (Å²) in [6.07, 6.45) is 0. The highest BCUT2D eigenvalue weighted by molar-refractivity contribution is 5.89. The van der Waals surface area contributed by atoms with Gasteiger partial charge in [-0.2, -0.15) is 0 Å². The van der Waals surface area contributed by atoms with E-state index in [4.69, 9.17) is 0 Å². The van der Waals surface area contributed by atoms with Gasteiger partial charge in [0.25, 0.3) is 0 Å². The molecule has 0 spiro atoms. The number of carbonyl (C=O) groups excluding carboxylic acids is 1. The number of carbonyl (C=O) groups is 1. The van der Waals surface area contributed by atoms with Gasteiger partial charge in [0.1, 0.15) is 11.5 Å². The molecular weight excluding hydrogens is 260 g/mol. The zero-order chi connectivity index (χ0) is 14.5. The lowest BCUT2D eigenvalue weighted by atomic mass is 10.2. The first-order valence-electron chi connectivity index (χ1n) is 6.03. The number of nitrogens with one attached hydrogen (secondary N) is 1. The normalized spacial score (nSPS) is 10.1. The maximum atomic E-state index is 11.3. The zero-order valence-corrected chi connectivity index (χ0v) is 11.0. The van der Waals surface area contributed by atoms with Gasteiger partial charge in [0.15, 0.2) is 0 Å². The molecule has 0 aliphatic carbocycles. The lowest BCUT2D eigenvalue weighted by Gasteiger charge is -2.09. The molecule has 0 aliphatic heterocycles. The second-order valence-corrected chi connectivity index (χ2v) is 4.24. The lowest BCUT2D eigenvalue weighted by Crippen LogP contribution is -2.02. The van der Waals surface area contributed by atoms with E-state index in [0.29, 0.717) is 17.7 Å². The average Bonchev–Trinajstić information content (AvgIpc) is 2.48. The van der Waals surface area contributed by atoms with E-state index in [0.717, 1.165) is 5.69 Å². The molecule has 0 unspecified atom stereocenters. The summed E-state index contributed by atoms with van der Waals surface area (Å²) >= 11 is 0. The first-order chi connectivity index (χ1) is 9.60. The number of esters is 1. The standard InChI is InChI=1S/C15H15NO4/c1-20-15(19)10-2-4-12(5-3-10)16-9-11-8-13(17)6-7-14(11)18/h2-8,16-18H,9H2,1H3/i15+2. The highest BCUT2D eigenvalue weighted by Crippen LogP contribution is 2.23. The van der Waals surface area contributed by atoms with Crippen LogP contribution in [0.1, 0.15) is 15.9 Å². The first kappa shape index (κ1) is 13.7. The molecule has 20 heavy (non-hydrogen) atoms. The molecular formula is C15H15NO4. The molecule has 0 aromatic heterocycles. The van der Waals surface area contributed by atoms with Crippen LogP contribution in [-0.2, 0) is 11.3 Å². The molecule has 0 atom stereocenters. The molecule has 0 aliphatic rings. The fourth-order valence-corrected chi connectivity index (χ4v) is 1.75. The predicted octanol–water partition coefficient (Wildman–Crippen LogP) is 2.50. The number of aromatic hydroxyl groups is 2. The van der Waals surface area contributed by atoms with Crippen LogP contribution in [0.5, 0.6) is 11.5 Å². The van der Waals surface area contributed by atoms with E-state index in [2.05, 4.69) is 10.1 Å². The Morgan fingerprint density at radius 3 is 2.50 bits per heavy atom. The maximum Gasteiger partial charge on any atom is 0.337 e. The van der Waals surface area contributed by atoms with Crippen molar-refractivity contribution >= 4 is 11.7 Å². The monoisotopic (exact) mass is 275 g/mol. The number of anilines is 1. The Balaban J connectivity index is 2.04. The van der Waals surface area contributed by atoms with Crippen molar-refractivity contribution in [3.8, 4) is 11.5 Å². The smallest absolute Gasteiger partial charge is 0.337 e. The highest BCUT2D eigenvalue weighted by Gasteiger charge is 2.05. The van der Waals surface area contributed by atoms with Gasteiger partial charge in [-0.1, -0.05) is 0 Å². The van der Waals surface area contributed by atoms with Crippen LogP contribution in [0.3, 0.4) is 0 Å². The van der Waals surface area contributed by atoms with Crippen molar-refractivity contribution in [3.63, 3.8) is 0 Å². The minimum atomic E-state index is -0.387. The topological polar surface area (TPSA) is 78.8 Å². The Morgan fingerprint density at radius 2 is 1.85 bits per heavy atom. The summed E-state index contributed by atoms with van der Waals surface area (Å²) in [5.41, 5.74) is 1.85. The van der Waals surface area contributed by atoms with Crippen molar-refractivity contribution in [2.24, 2.45) is 0 Å². The van der Waals surface area contributed by atoms with Crippen molar-refractivity contribution in [2.45, 2.75) is 6.54 Å². The molecule has 0 heterocycles. The summed E-state index contributed by atoms with van der Waals surface area (Å²) in [5, 5.41) is 22.1. The Hall–Kier alpha value is -2.69. The summed E-state index contributed by atoms with van der Waals surface area (Å²) in [5.74, 6) is -0.177. The van der Waals surface area contributed by atoms with E-state index in [9.17, 15) is 15.0 Å². The van der Waals surface area contributed by atoms with Crippen molar-refractivity contribution in [2.75, 3.05) is 12.4 Å². The Bertz CT molecular complexity index is 608. The fraction of sp³-hybridized carbons (Fsp3) is 0.133. The molecule has 0 saturated heterocycles. The summed E-state index contributed by atoms with van der Waals surface area (Å²) < 4.78 is 4.61. The van der Waals surface area contributed by atoms with Gasteiger partial charge < -0.3 is 20.3 Å². The van der Waals surface area contributed by atoms with Crippen molar-refractivity contribution in [1.29, 1.82) is 0 Å². The molecule has 2 aromatic rings. The van der Waals surface area contributed by atoms with Gasteiger partial charge in [-0.05, 0) is 42.5 Å². The second-order valence-electron chi connectivity index (χ2n) is 4.24. The Morgan fingerprint density at radius 1 is 1.15 bits per heavy atom. The van der Waals surface area contributed by atoms with Crippen LogP contribution < -0.4 is 5.32 Å². The van der Waals surface area contributed by atoms with Crippen LogP contribution in [0.25, 0.3) is 0 Å². The number of benzene rings is 2. The third kappa shape index (κ3) is 3.20. The Labute approximate surface area is 116 Å². The quantitative estimate of drug-likeness (QED) is 0.590. The molecule has 0 saturated carbocycles. The van der Waals surface area contributed by atoms with Crippen molar-refractivity contribution in [1.82, 2.24) is 0 Å². The summed E-state index contributed by atoms with van der Waals surface area (Å²) in [6, 6.07) is 11.1. The van der Waals surface area contributed by atoms with E-state index in [1.54, 1.807) is 24.3 Å². The van der Waals surface area contributed by atoms with E-state index >= 15 is 0 Å². The van der Waals surface area contributed by atoms with E-state index < -0.39 is 0 Å². The lowest BCUT2D eigenvalue weighted by molar-refractivity contribution is 0.0601. The summed E-state index contributed by atoms with van der Waals surface area (Å²) in [6.45, 7) is 0.359. The minimum Gasteiger partial charge on any atom is -0.508 e. The van der Waals surface area contributed by atoms with E-state index in [-0.39, 0.29) is 17.5 Å². The Kier molecular flexibility index (Phi) is 4.10. The SMILES string of the molecule is CO[14C](=O)c1ccc(NCc2cc(O)ccc2O)cc1. The highest BCUT2D eigenvalue weighted by atomic mass is 16.8. The molecule has 2 aromatic carbocycles. The van der Waals surface area contributed by atoms with Gasteiger partial charge in [-0.15, -0.1) is 0 Å². The number of hydrogen-bond acceptors (Lipinski definition) is 5. The van der Waals surface area contributed by atoms with Gasteiger partial charge in [-0.25, -0.2) is 4.79 Å². The largest absolute Gasteiger partial charge is 0.508 e. The van der Waals surface area contributed by atoms with Crippen molar-refractivity contribution in [3.05, 3.63) is 53.6 Å². The summed E-state index contributed by atoms with van der Waals surface area (Å²) in [4.78, 5) is 11.3. The van der Waals surface area contributed by atoms with E-state index in [1.807, 2.05) is 0 Å². The summed E-state index contributed by atoms with van der Waals surface area (Å²) in [7, 11) is 1.33. The number of methoxy groups -OCH3 is 1. The minimum absolute atomic E-state index is 0.0978. The van der Waals surface area contributed by atoms with E-state index in [1.165, 1.54) is 25.3 Å². The van der Waals surface area contributed by atoms with Crippen LogP contribution in [-0.4, -0.2) is 23.3 Å². The molecule has 2 rings (SSSR count). The third-order valence-corrected chi connectivity index (χ3v) is 2.85. The maximum absolute atomic E-state index is 11.3. The van der Waals surface area contributed by atoms with Gasteiger partial charge in [-0.3, -0.25) is 0 Å². The number of rotatable bonds is 4. The van der Waals surface area contributed by atoms with Crippen LogP contribution >= 0.6 is 0 Å². The van der Waals surface area contributed by atoms with Crippen LogP contribution in [0.4, 0.5) is 5.69 Å². The molecule has 0 bridgehead atoms. The molecule has 3 N–H and O–H groups in total. The van der Waals surface area contributed by atoms with Crippen molar-refractivity contribution < 1.29 is 19.7 Å². The first-order valence-corrected chi connectivity index (χ1v) is 6.03. The molecule has 5 nitrogen and oxygen atoms in total. The molecule has 0 radical (unpaired) electrons. The molecule has 5 heteroatoms. The number of phenols is 2. The third-order valence-electron chi connectivity index (χ3n) is 2.85. The molecule has 0 fully saturated rings. The van der Waals surface area contributed by atoms with Crippen LogP contribution in [0.2, 0.25) is 0 Å². The average molecular weight is 275 g/mol. The van der Waals surface area contributed by atoms with Gasteiger partial charge in [0.2, 0.25) is 0 Å². The van der Waals surface area contributed by atoms with Crippen LogP contribution in [0, 0.1) is 0 Å². The predicted molar refractivity (Wildman–Crippen MR) is 74.9 cm³/mol. The zero-order valence-electron chi connectivity index (χ0n) is 11.0. The molecule has 0 amide bonds. The number of hydrogen-bond donors (Lipinski definition) is 3. The fourth-order valence-electron chi connectivity index (χ4n) is 1.75. The van der Waals surface area contributed by atoms with Gasteiger partial charge in [0, 0.05) is 17.8 Å².